The van der Waals surface area contributed by atoms with E-state index in [-0.39, 0.29) is 18.3 Å². The number of benzene rings is 2. The number of piperidine rings is 1. The maximum absolute atomic E-state index is 13.2. The largest absolute Gasteiger partial charge is 0.492 e. The van der Waals surface area contributed by atoms with E-state index in [4.69, 9.17) is 9.47 Å². The molecule has 4 rings (SSSR count). The van der Waals surface area contributed by atoms with Crippen LogP contribution in [0.4, 0.5) is 0 Å². The van der Waals surface area contributed by atoms with Crippen molar-refractivity contribution < 1.29 is 19.4 Å². The molecule has 2 heterocycles. The van der Waals surface area contributed by atoms with Crippen LogP contribution in [0, 0.1) is 0 Å². The van der Waals surface area contributed by atoms with Crippen LogP contribution in [0.3, 0.4) is 0 Å². The van der Waals surface area contributed by atoms with Crippen LogP contribution in [0.15, 0.2) is 54.6 Å². The standard InChI is InChI=1S/C25H32N2O4.ClH/c1-24(14-18-31-25(23(24)29)12-15-26-16-13-25)27-22(28)20-9-5-6-10-21(20)30-17-11-19-7-3-2-4-8-19;/h2-10,23,26,29H,11-18H2,1H3,(H,27,28);1H/t23-,24+;/m0./s1. The Morgan fingerprint density at radius 1 is 1.12 bits per heavy atom. The summed E-state index contributed by atoms with van der Waals surface area (Å²) in [6.45, 7) is 4.53. The number of hydrogen-bond donors (Lipinski definition) is 3. The third kappa shape index (κ3) is 5.26. The quantitative estimate of drug-likeness (QED) is 0.617. The van der Waals surface area contributed by atoms with E-state index in [1.165, 1.54) is 5.56 Å². The molecule has 2 aliphatic rings. The topological polar surface area (TPSA) is 79.8 Å². The zero-order valence-electron chi connectivity index (χ0n) is 18.5. The predicted octanol–water partition coefficient (Wildman–Crippen LogP) is 3.12. The number of para-hydroxylation sites is 1. The van der Waals surface area contributed by atoms with Gasteiger partial charge in [-0.1, -0.05) is 42.5 Å². The molecule has 7 heteroatoms. The first-order valence-electron chi connectivity index (χ1n) is 11.1. The van der Waals surface area contributed by atoms with Crippen molar-refractivity contribution in [2.45, 2.75) is 49.9 Å². The third-order valence-electron chi connectivity index (χ3n) is 6.58. The van der Waals surface area contributed by atoms with Crippen LogP contribution in [-0.4, -0.2) is 54.6 Å². The molecule has 0 unspecified atom stereocenters. The Hall–Kier alpha value is -2.12. The van der Waals surface area contributed by atoms with Crippen molar-refractivity contribution in [3.8, 4) is 5.75 Å². The van der Waals surface area contributed by atoms with Crippen molar-refractivity contribution in [3.05, 3.63) is 65.7 Å². The van der Waals surface area contributed by atoms with Gasteiger partial charge in [0, 0.05) is 13.0 Å². The molecule has 0 aromatic heterocycles. The van der Waals surface area contributed by atoms with Gasteiger partial charge in [-0.05, 0) is 57.0 Å². The van der Waals surface area contributed by atoms with Gasteiger partial charge in [0.2, 0.25) is 0 Å². The number of carbonyl (C=O) groups excluding carboxylic acids is 1. The lowest BCUT2D eigenvalue weighted by atomic mass is 9.73. The van der Waals surface area contributed by atoms with E-state index in [0.717, 1.165) is 32.4 Å². The van der Waals surface area contributed by atoms with Gasteiger partial charge >= 0.3 is 0 Å². The lowest BCUT2D eigenvalue weighted by Crippen LogP contribution is -2.69. The molecule has 174 valence electrons. The summed E-state index contributed by atoms with van der Waals surface area (Å²) < 4.78 is 12.0. The summed E-state index contributed by atoms with van der Waals surface area (Å²) in [5.41, 5.74) is 0.311. The summed E-state index contributed by atoms with van der Waals surface area (Å²) in [7, 11) is 0. The number of ether oxygens (including phenoxy) is 2. The van der Waals surface area contributed by atoms with E-state index in [1.54, 1.807) is 6.07 Å². The van der Waals surface area contributed by atoms with Crippen molar-refractivity contribution >= 4 is 18.3 Å². The van der Waals surface area contributed by atoms with Crippen molar-refractivity contribution in [3.63, 3.8) is 0 Å². The number of aliphatic hydroxyl groups is 1. The van der Waals surface area contributed by atoms with Gasteiger partial charge < -0.3 is 25.2 Å². The average Bonchev–Trinajstić information content (AvgIpc) is 2.79. The van der Waals surface area contributed by atoms with Crippen molar-refractivity contribution in [1.82, 2.24) is 10.6 Å². The second kappa shape index (κ2) is 10.7. The van der Waals surface area contributed by atoms with Crippen LogP contribution < -0.4 is 15.4 Å². The molecule has 2 saturated heterocycles. The summed E-state index contributed by atoms with van der Waals surface area (Å²) in [4.78, 5) is 13.2. The molecule has 1 spiro atoms. The number of halogens is 1. The molecule has 0 aliphatic carbocycles. The van der Waals surface area contributed by atoms with Gasteiger partial charge in [0.1, 0.15) is 11.9 Å². The lowest BCUT2D eigenvalue weighted by molar-refractivity contribution is -0.197. The first kappa shape index (κ1) is 24.5. The normalized spacial score (nSPS) is 24.4. The van der Waals surface area contributed by atoms with Crippen LogP contribution in [0.2, 0.25) is 0 Å². The van der Waals surface area contributed by atoms with Gasteiger partial charge in [-0.15, -0.1) is 12.4 Å². The highest BCUT2D eigenvalue weighted by atomic mass is 35.5. The molecule has 0 radical (unpaired) electrons. The first-order chi connectivity index (χ1) is 15.0. The molecule has 2 aromatic carbocycles. The van der Waals surface area contributed by atoms with Crippen molar-refractivity contribution in [2.75, 3.05) is 26.3 Å². The number of rotatable bonds is 6. The summed E-state index contributed by atoms with van der Waals surface area (Å²) in [6.07, 6.45) is 2.02. The number of aliphatic hydroxyl groups excluding tert-OH is 1. The molecule has 2 aliphatic heterocycles. The van der Waals surface area contributed by atoms with E-state index in [0.29, 0.717) is 30.9 Å². The number of hydrogen-bond acceptors (Lipinski definition) is 5. The zero-order valence-corrected chi connectivity index (χ0v) is 19.3. The summed E-state index contributed by atoms with van der Waals surface area (Å²) in [5.74, 6) is 0.320. The van der Waals surface area contributed by atoms with Crippen LogP contribution in [0.1, 0.15) is 42.1 Å². The van der Waals surface area contributed by atoms with Crippen molar-refractivity contribution in [2.24, 2.45) is 0 Å². The van der Waals surface area contributed by atoms with Gasteiger partial charge in [0.05, 0.1) is 23.3 Å². The Kier molecular flexibility index (Phi) is 8.17. The molecule has 2 atom stereocenters. The van der Waals surface area contributed by atoms with Gasteiger partial charge in [-0.25, -0.2) is 0 Å². The minimum atomic E-state index is -0.772. The highest BCUT2D eigenvalue weighted by molar-refractivity contribution is 5.97. The Morgan fingerprint density at radius 3 is 2.56 bits per heavy atom. The third-order valence-corrected chi connectivity index (χ3v) is 6.58. The Labute approximate surface area is 196 Å². The van der Waals surface area contributed by atoms with Crippen LogP contribution in [0.25, 0.3) is 0 Å². The van der Waals surface area contributed by atoms with E-state index < -0.39 is 17.2 Å². The highest BCUT2D eigenvalue weighted by Crippen LogP contribution is 2.39. The lowest BCUT2D eigenvalue weighted by Gasteiger charge is -2.52. The van der Waals surface area contributed by atoms with Crippen LogP contribution in [0.5, 0.6) is 5.75 Å². The molecule has 1 amide bonds. The summed E-state index contributed by atoms with van der Waals surface area (Å²) in [6, 6.07) is 17.4. The minimum Gasteiger partial charge on any atom is -0.492 e. The molecule has 2 aromatic rings. The first-order valence-corrected chi connectivity index (χ1v) is 11.1. The number of carbonyl (C=O) groups is 1. The molecular weight excluding hydrogens is 428 g/mol. The molecule has 0 saturated carbocycles. The minimum absolute atomic E-state index is 0. The highest BCUT2D eigenvalue weighted by Gasteiger charge is 2.53. The second-order valence-corrected chi connectivity index (χ2v) is 8.77. The Bertz CT molecular complexity index is 883. The predicted molar refractivity (Wildman–Crippen MR) is 127 cm³/mol. The summed E-state index contributed by atoms with van der Waals surface area (Å²) >= 11 is 0. The molecule has 0 bridgehead atoms. The van der Waals surface area contributed by atoms with Gasteiger partial charge in [-0.2, -0.15) is 0 Å². The number of nitrogens with one attached hydrogen (secondary N) is 2. The molecule has 3 N–H and O–H groups in total. The maximum Gasteiger partial charge on any atom is 0.255 e. The van der Waals surface area contributed by atoms with Crippen LogP contribution in [-0.2, 0) is 11.2 Å². The van der Waals surface area contributed by atoms with E-state index in [9.17, 15) is 9.90 Å². The van der Waals surface area contributed by atoms with Gasteiger partial charge in [0.15, 0.2) is 0 Å². The van der Waals surface area contributed by atoms with E-state index >= 15 is 0 Å². The Morgan fingerprint density at radius 2 is 1.81 bits per heavy atom. The fourth-order valence-corrected chi connectivity index (χ4v) is 4.69. The van der Waals surface area contributed by atoms with Gasteiger partial charge in [-0.3, -0.25) is 4.79 Å². The van der Waals surface area contributed by atoms with Crippen molar-refractivity contribution in [1.29, 1.82) is 0 Å². The smallest absolute Gasteiger partial charge is 0.255 e. The monoisotopic (exact) mass is 460 g/mol. The number of amides is 1. The average molecular weight is 461 g/mol. The fraction of sp³-hybridized carbons (Fsp3) is 0.480. The van der Waals surface area contributed by atoms with E-state index in [1.807, 2.05) is 43.3 Å². The fourth-order valence-electron chi connectivity index (χ4n) is 4.69. The van der Waals surface area contributed by atoms with E-state index in [2.05, 4.69) is 22.8 Å². The van der Waals surface area contributed by atoms with Gasteiger partial charge in [0.25, 0.3) is 5.91 Å². The zero-order chi connectivity index (χ0) is 21.7. The van der Waals surface area contributed by atoms with Crippen LogP contribution >= 0.6 is 12.4 Å². The molecule has 6 nitrogen and oxygen atoms in total. The summed E-state index contributed by atoms with van der Waals surface area (Å²) in [5, 5.41) is 17.7. The molecule has 32 heavy (non-hydrogen) atoms. The maximum atomic E-state index is 13.2. The SMILES string of the molecule is C[C@@]1(NC(=O)c2ccccc2OCCc2ccccc2)CCOC2(CCNCC2)[C@H]1O.Cl. The molecule has 2 fully saturated rings. The molecular formula is C25H33ClN2O4. The second-order valence-electron chi connectivity index (χ2n) is 8.77. The Balaban J connectivity index is 0.00000289.